The van der Waals surface area contributed by atoms with Crippen molar-refractivity contribution < 1.29 is 0 Å². The number of rotatable bonds is 4. The van der Waals surface area contributed by atoms with Crippen LogP contribution in [-0.2, 0) is 13.0 Å². The maximum atomic E-state index is 5.81. The molecule has 0 spiro atoms. The van der Waals surface area contributed by atoms with Crippen molar-refractivity contribution in [2.75, 3.05) is 0 Å². The summed E-state index contributed by atoms with van der Waals surface area (Å²) in [7, 11) is 0. The molecule has 90 valence electrons. The first-order valence-electron chi connectivity index (χ1n) is 6.39. The van der Waals surface area contributed by atoms with Gasteiger partial charge in [-0.1, -0.05) is 26.7 Å². The molecule has 0 radical (unpaired) electrons. The smallest absolute Gasteiger partial charge is 0.0962 e. The number of aromatic nitrogens is 1. The molecular formula is C13H22N2S. The molecule has 0 aromatic carbocycles. The lowest BCUT2D eigenvalue weighted by Gasteiger charge is -2.04. The maximum absolute atomic E-state index is 5.81. The largest absolute Gasteiger partial charge is 0.326 e. The molecule has 3 heteroatoms. The predicted octanol–water partition coefficient (Wildman–Crippen LogP) is 3.46. The molecule has 0 bridgehead atoms. The average Bonchev–Trinajstić information content (AvgIpc) is 2.83. The fraction of sp³-hybridized carbons (Fsp3) is 0.769. The third-order valence-corrected chi connectivity index (χ3v) is 4.57. The lowest BCUT2D eigenvalue weighted by molar-refractivity contribution is 0.627. The van der Waals surface area contributed by atoms with Crippen LogP contribution < -0.4 is 5.73 Å². The highest BCUT2D eigenvalue weighted by molar-refractivity contribution is 7.11. The van der Waals surface area contributed by atoms with Crippen LogP contribution in [-0.4, -0.2) is 4.98 Å². The highest BCUT2D eigenvalue weighted by atomic mass is 32.1. The normalized spacial score (nSPS) is 17.5. The van der Waals surface area contributed by atoms with Crippen LogP contribution in [0.5, 0.6) is 0 Å². The van der Waals surface area contributed by atoms with Gasteiger partial charge in [0.05, 0.1) is 10.7 Å². The van der Waals surface area contributed by atoms with E-state index in [0.717, 1.165) is 12.3 Å². The fourth-order valence-electron chi connectivity index (χ4n) is 2.46. The Morgan fingerprint density at radius 3 is 2.62 bits per heavy atom. The second kappa shape index (κ2) is 5.28. The van der Waals surface area contributed by atoms with Crippen LogP contribution in [0.2, 0.25) is 0 Å². The van der Waals surface area contributed by atoms with Crippen LogP contribution in [0.25, 0.3) is 0 Å². The van der Waals surface area contributed by atoms with Crippen LogP contribution in [0.3, 0.4) is 0 Å². The number of thiazole rings is 1. The van der Waals surface area contributed by atoms with Crippen LogP contribution in [0.1, 0.15) is 61.0 Å². The van der Waals surface area contributed by atoms with Gasteiger partial charge in [-0.25, -0.2) is 4.98 Å². The molecule has 0 amide bonds. The molecule has 16 heavy (non-hydrogen) atoms. The Balaban J connectivity index is 2.17. The lowest BCUT2D eigenvalue weighted by atomic mass is 10.1. The summed E-state index contributed by atoms with van der Waals surface area (Å²) in [6, 6.07) is 0. The van der Waals surface area contributed by atoms with Gasteiger partial charge in [0, 0.05) is 17.3 Å². The maximum Gasteiger partial charge on any atom is 0.0962 e. The quantitative estimate of drug-likeness (QED) is 0.872. The third kappa shape index (κ3) is 2.64. The van der Waals surface area contributed by atoms with Crippen molar-refractivity contribution in [2.24, 2.45) is 11.7 Å². The summed E-state index contributed by atoms with van der Waals surface area (Å²) in [4.78, 5) is 6.16. The predicted molar refractivity (Wildman–Crippen MR) is 69.8 cm³/mol. The van der Waals surface area contributed by atoms with Gasteiger partial charge in [0.1, 0.15) is 0 Å². The summed E-state index contributed by atoms with van der Waals surface area (Å²) in [5.41, 5.74) is 7.08. The summed E-state index contributed by atoms with van der Waals surface area (Å²) in [5, 5.41) is 1.36. The first-order chi connectivity index (χ1) is 7.70. The highest BCUT2D eigenvalue weighted by Crippen LogP contribution is 2.37. The first kappa shape index (κ1) is 12.1. The van der Waals surface area contributed by atoms with Gasteiger partial charge in [-0.2, -0.15) is 0 Å². The van der Waals surface area contributed by atoms with Crippen molar-refractivity contribution in [3.8, 4) is 0 Å². The van der Waals surface area contributed by atoms with E-state index >= 15 is 0 Å². The summed E-state index contributed by atoms with van der Waals surface area (Å²) in [5.74, 6) is 1.40. The number of nitrogens with two attached hydrogens (primary N) is 1. The Hall–Kier alpha value is -0.410. The molecule has 0 aliphatic heterocycles. The molecule has 1 heterocycles. The first-order valence-corrected chi connectivity index (χ1v) is 7.21. The van der Waals surface area contributed by atoms with E-state index in [1.807, 2.05) is 11.3 Å². The van der Waals surface area contributed by atoms with E-state index in [1.54, 1.807) is 0 Å². The summed E-state index contributed by atoms with van der Waals surface area (Å²) in [6.45, 7) is 5.15. The van der Waals surface area contributed by atoms with Crippen LogP contribution in [0, 0.1) is 5.92 Å². The minimum absolute atomic E-state index is 0.659. The Morgan fingerprint density at radius 1 is 1.38 bits per heavy atom. The molecule has 1 aromatic heterocycles. The standard InChI is InChI=1S/C13H22N2S/c1-9(2)7-11-12(8-14)16-13(15-11)10-5-3-4-6-10/h9-10H,3-8,14H2,1-2H3. The van der Waals surface area contributed by atoms with Crippen molar-refractivity contribution in [3.63, 3.8) is 0 Å². The van der Waals surface area contributed by atoms with E-state index in [9.17, 15) is 0 Å². The topological polar surface area (TPSA) is 38.9 Å². The van der Waals surface area contributed by atoms with E-state index in [4.69, 9.17) is 10.7 Å². The van der Waals surface area contributed by atoms with E-state index in [0.29, 0.717) is 12.5 Å². The molecule has 1 aromatic rings. The van der Waals surface area contributed by atoms with Gasteiger partial charge in [-0.3, -0.25) is 0 Å². The molecule has 0 atom stereocenters. The molecule has 0 unspecified atom stereocenters. The highest BCUT2D eigenvalue weighted by Gasteiger charge is 2.22. The molecule has 1 aliphatic carbocycles. The average molecular weight is 238 g/mol. The molecule has 2 rings (SSSR count). The van der Waals surface area contributed by atoms with Gasteiger partial charge in [-0.05, 0) is 25.2 Å². The van der Waals surface area contributed by atoms with Gasteiger partial charge < -0.3 is 5.73 Å². The van der Waals surface area contributed by atoms with Crippen molar-refractivity contribution >= 4 is 11.3 Å². The zero-order valence-corrected chi connectivity index (χ0v) is 11.1. The van der Waals surface area contributed by atoms with E-state index in [2.05, 4.69) is 13.8 Å². The number of hydrogen-bond donors (Lipinski definition) is 1. The van der Waals surface area contributed by atoms with Gasteiger partial charge in [0.25, 0.3) is 0 Å². The summed E-state index contributed by atoms with van der Waals surface area (Å²) >= 11 is 1.86. The Kier molecular flexibility index (Phi) is 3.98. The minimum atomic E-state index is 0.659. The Morgan fingerprint density at radius 2 is 2.06 bits per heavy atom. The molecule has 2 N–H and O–H groups in total. The van der Waals surface area contributed by atoms with Gasteiger partial charge in [0.2, 0.25) is 0 Å². The lowest BCUT2D eigenvalue weighted by Crippen LogP contribution is -2.02. The second-order valence-electron chi connectivity index (χ2n) is 5.21. The van der Waals surface area contributed by atoms with Crippen LogP contribution in [0.4, 0.5) is 0 Å². The fourth-order valence-corrected chi connectivity index (χ4v) is 3.60. The van der Waals surface area contributed by atoms with Crippen molar-refractivity contribution in [3.05, 3.63) is 15.6 Å². The van der Waals surface area contributed by atoms with Gasteiger partial charge >= 0.3 is 0 Å². The van der Waals surface area contributed by atoms with Gasteiger partial charge in [-0.15, -0.1) is 11.3 Å². The van der Waals surface area contributed by atoms with E-state index < -0.39 is 0 Å². The number of hydrogen-bond acceptors (Lipinski definition) is 3. The number of nitrogens with zero attached hydrogens (tertiary/aromatic N) is 1. The molecule has 1 saturated carbocycles. The van der Waals surface area contributed by atoms with Crippen molar-refractivity contribution in [2.45, 2.75) is 58.4 Å². The molecule has 2 nitrogen and oxygen atoms in total. The molecule has 1 fully saturated rings. The van der Waals surface area contributed by atoms with Crippen molar-refractivity contribution in [1.29, 1.82) is 0 Å². The molecule has 1 aliphatic rings. The second-order valence-corrected chi connectivity index (χ2v) is 6.32. The minimum Gasteiger partial charge on any atom is -0.326 e. The SMILES string of the molecule is CC(C)Cc1nc(C2CCCC2)sc1CN. The van der Waals surface area contributed by atoms with Crippen molar-refractivity contribution in [1.82, 2.24) is 4.98 Å². The van der Waals surface area contributed by atoms with Gasteiger partial charge in [0.15, 0.2) is 0 Å². The Labute approximate surface area is 102 Å². The van der Waals surface area contributed by atoms with E-state index in [-0.39, 0.29) is 0 Å². The zero-order chi connectivity index (χ0) is 11.5. The zero-order valence-electron chi connectivity index (χ0n) is 10.3. The Bertz CT molecular complexity index is 338. The summed E-state index contributed by atoms with van der Waals surface area (Å²) in [6.07, 6.45) is 6.50. The monoisotopic (exact) mass is 238 g/mol. The summed E-state index contributed by atoms with van der Waals surface area (Å²) < 4.78 is 0. The molecular weight excluding hydrogens is 216 g/mol. The molecule has 0 saturated heterocycles. The van der Waals surface area contributed by atoms with Crippen LogP contribution in [0.15, 0.2) is 0 Å². The third-order valence-electron chi connectivity index (χ3n) is 3.29. The van der Waals surface area contributed by atoms with E-state index in [1.165, 1.54) is 41.3 Å². The van der Waals surface area contributed by atoms with Crippen LogP contribution >= 0.6 is 11.3 Å².